The SMILES string of the molecule is CCCNC1CCCc2nc(N3CC4CCCC4C3)sc21. The molecule has 1 saturated heterocycles. The van der Waals surface area contributed by atoms with E-state index in [1.54, 1.807) is 4.88 Å². The quantitative estimate of drug-likeness (QED) is 0.918. The van der Waals surface area contributed by atoms with Gasteiger partial charge in [0.2, 0.25) is 0 Å². The molecular weight excluding hydrogens is 278 g/mol. The molecule has 2 aliphatic carbocycles. The van der Waals surface area contributed by atoms with Crippen LogP contribution in [0.15, 0.2) is 0 Å². The molecule has 4 rings (SSSR count). The molecule has 1 N–H and O–H groups in total. The van der Waals surface area contributed by atoms with Crippen molar-refractivity contribution >= 4 is 16.5 Å². The molecule has 3 aliphatic rings. The highest BCUT2D eigenvalue weighted by atomic mass is 32.1. The summed E-state index contributed by atoms with van der Waals surface area (Å²) in [7, 11) is 0. The Morgan fingerprint density at radius 2 is 2.00 bits per heavy atom. The highest BCUT2D eigenvalue weighted by molar-refractivity contribution is 7.15. The third kappa shape index (κ3) is 2.61. The lowest BCUT2D eigenvalue weighted by Gasteiger charge is -2.22. The lowest BCUT2D eigenvalue weighted by molar-refractivity contribution is 0.464. The van der Waals surface area contributed by atoms with Gasteiger partial charge in [-0.1, -0.05) is 24.7 Å². The van der Waals surface area contributed by atoms with E-state index in [1.165, 1.54) is 68.9 Å². The molecular formula is C17H27N3S. The first-order valence-electron chi connectivity index (χ1n) is 8.83. The molecule has 1 saturated carbocycles. The normalized spacial score (nSPS) is 31.5. The maximum absolute atomic E-state index is 5.02. The van der Waals surface area contributed by atoms with Crippen LogP contribution in [0.4, 0.5) is 5.13 Å². The fraction of sp³-hybridized carbons (Fsp3) is 0.824. The van der Waals surface area contributed by atoms with Gasteiger partial charge in [0.25, 0.3) is 0 Å². The molecule has 2 fully saturated rings. The molecule has 3 unspecified atom stereocenters. The number of fused-ring (bicyclic) bond motifs is 2. The standard InChI is InChI=1S/C17H27N3S/c1-2-9-18-14-7-4-8-15-16(14)21-17(19-15)20-10-12-5-3-6-13(12)11-20/h12-14,18H,2-11H2,1H3. The molecule has 21 heavy (non-hydrogen) atoms. The topological polar surface area (TPSA) is 28.2 Å². The molecule has 0 aromatic carbocycles. The van der Waals surface area contributed by atoms with Gasteiger partial charge >= 0.3 is 0 Å². The Bertz CT molecular complexity index is 486. The van der Waals surface area contributed by atoms with Gasteiger partial charge in [-0.3, -0.25) is 0 Å². The number of nitrogens with one attached hydrogen (secondary N) is 1. The number of aromatic nitrogens is 1. The molecule has 1 aromatic heterocycles. The Morgan fingerprint density at radius 3 is 2.76 bits per heavy atom. The van der Waals surface area contributed by atoms with E-state index in [1.807, 2.05) is 11.3 Å². The van der Waals surface area contributed by atoms with E-state index in [2.05, 4.69) is 17.1 Å². The fourth-order valence-electron chi connectivity index (χ4n) is 4.45. The van der Waals surface area contributed by atoms with Crippen LogP contribution in [0.5, 0.6) is 0 Å². The summed E-state index contributed by atoms with van der Waals surface area (Å²) < 4.78 is 0. The number of thiazole rings is 1. The van der Waals surface area contributed by atoms with Crippen molar-refractivity contribution in [1.82, 2.24) is 10.3 Å². The highest BCUT2D eigenvalue weighted by Gasteiger charge is 2.37. The van der Waals surface area contributed by atoms with Gasteiger partial charge in [0.15, 0.2) is 5.13 Å². The summed E-state index contributed by atoms with van der Waals surface area (Å²) in [5.41, 5.74) is 1.40. The van der Waals surface area contributed by atoms with Crippen LogP contribution in [0.25, 0.3) is 0 Å². The number of hydrogen-bond donors (Lipinski definition) is 1. The van der Waals surface area contributed by atoms with Crippen molar-refractivity contribution in [3.05, 3.63) is 10.6 Å². The van der Waals surface area contributed by atoms with Crippen molar-refractivity contribution in [3.8, 4) is 0 Å². The zero-order valence-corrected chi connectivity index (χ0v) is 13.9. The Morgan fingerprint density at radius 1 is 1.19 bits per heavy atom. The minimum Gasteiger partial charge on any atom is -0.348 e. The average Bonchev–Trinajstić information content (AvgIpc) is 3.17. The first kappa shape index (κ1) is 14.0. The van der Waals surface area contributed by atoms with E-state index in [0.717, 1.165) is 18.4 Å². The Kier molecular flexibility index (Phi) is 3.92. The molecule has 0 spiro atoms. The van der Waals surface area contributed by atoms with Gasteiger partial charge in [-0.15, -0.1) is 0 Å². The van der Waals surface area contributed by atoms with Crippen molar-refractivity contribution in [2.45, 2.75) is 57.9 Å². The molecule has 1 aliphatic heterocycles. The second-order valence-electron chi connectivity index (χ2n) is 7.06. The van der Waals surface area contributed by atoms with Crippen molar-refractivity contribution in [1.29, 1.82) is 0 Å². The molecule has 0 bridgehead atoms. The molecule has 2 heterocycles. The monoisotopic (exact) mass is 305 g/mol. The number of hydrogen-bond acceptors (Lipinski definition) is 4. The van der Waals surface area contributed by atoms with Crippen LogP contribution < -0.4 is 10.2 Å². The Hall–Kier alpha value is -0.610. The van der Waals surface area contributed by atoms with Crippen LogP contribution in [0.3, 0.4) is 0 Å². The van der Waals surface area contributed by atoms with E-state index < -0.39 is 0 Å². The van der Waals surface area contributed by atoms with Crippen LogP contribution in [0, 0.1) is 11.8 Å². The van der Waals surface area contributed by atoms with Crippen molar-refractivity contribution < 1.29 is 0 Å². The number of rotatable bonds is 4. The lowest BCUT2D eigenvalue weighted by Crippen LogP contribution is -2.24. The van der Waals surface area contributed by atoms with E-state index >= 15 is 0 Å². The highest BCUT2D eigenvalue weighted by Crippen LogP contribution is 2.43. The third-order valence-corrected chi connectivity index (χ3v) is 6.85. The van der Waals surface area contributed by atoms with Gasteiger partial charge in [0.1, 0.15) is 0 Å². The van der Waals surface area contributed by atoms with E-state index in [9.17, 15) is 0 Å². The van der Waals surface area contributed by atoms with Crippen LogP contribution in [0.2, 0.25) is 0 Å². The minimum absolute atomic E-state index is 0.571. The fourth-order valence-corrected chi connectivity index (χ4v) is 5.69. The molecule has 0 amide bonds. The van der Waals surface area contributed by atoms with Crippen LogP contribution in [-0.2, 0) is 6.42 Å². The molecule has 3 nitrogen and oxygen atoms in total. The predicted octanol–water partition coefficient (Wildman–Crippen LogP) is 3.76. The molecule has 0 radical (unpaired) electrons. The molecule has 4 heteroatoms. The zero-order valence-electron chi connectivity index (χ0n) is 13.1. The number of anilines is 1. The van der Waals surface area contributed by atoms with E-state index in [0.29, 0.717) is 6.04 Å². The van der Waals surface area contributed by atoms with E-state index in [-0.39, 0.29) is 0 Å². The van der Waals surface area contributed by atoms with Gasteiger partial charge in [-0.2, -0.15) is 0 Å². The maximum atomic E-state index is 5.02. The molecule has 3 atom stereocenters. The zero-order chi connectivity index (χ0) is 14.2. The summed E-state index contributed by atoms with van der Waals surface area (Å²) in [6.07, 6.45) is 9.35. The van der Waals surface area contributed by atoms with Crippen LogP contribution >= 0.6 is 11.3 Å². The third-order valence-electron chi connectivity index (χ3n) is 5.58. The number of aryl methyl sites for hydroxylation is 1. The van der Waals surface area contributed by atoms with Crippen molar-refractivity contribution in [3.63, 3.8) is 0 Å². The smallest absolute Gasteiger partial charge is 0.185 e. The predicted molar refractivity (Wildman–Crippen MR) is 89.1 cm³/mol. The first-order valence-corrected chi connectivity index (χ1v) is 9.64. The maximum Gasteiger partial charge on any atom is 0.185 e. The summed E-state index contributed by atoms with van der Waals surface area (Å²) >= 11 is 1.98. The van der Waals surface area contributed by atoms with Gasteiger partial charge in [0, 0.05) is 24.0 Å². The largest absolute Gasteiger partial charge is 0.348 e. The molecule has 116 valence electrons. The summed E-state index contributed by atoms with van der Waals surface area (Å²) in [6.45, 7) is 5.91. The summed E-state index contributed by atoms with van der Waals surface area (Å²) in [6, 6.07) is 0.571. The Labute approximate surface area is 132 Å². The lowest BCUT2D eigenvalue weighted by atomic mass is 9.98. The van der Waals surface area contributed by atoms with Gasteiger partial charge in [0.05, 0.1) is 5.69 Å². The van der Waals surface area contributed by atoms with Crippen LogP contribution in [0.1, 0.15) is 62.1 Å². The average molecular weight is 305 g/mol. The number of nitrogens with zero attached hydrogens (tertiary/aromatic N) is 2. The minimum atomic E-state index is 0.571. The van der Waals surface area contributed by atoms with E-state index in [4.69, 9.17) is 4.98 Å². The van der Waals surface area contributed by atoms with Gasteiger partial charge < -0.3 is 10.2 Å². The van der Waals surface area contributed by atoms with Gasteiger partial charge in [-0.05, 0) is 56.9 Å². The van der Waals surface area contributed by atoms with Crippen LogP contribution in [-0.4, -0.2) is 24.6 Å². The van der Waals surface area contributed by atoms with Gasteiger partial charge in [-0.25, -0.2) is 4.98 Å². The second kappa shape index (κ2) is 5.88. The summed E-state index contributed by atoms with van der Waals surface area (Å²) in [5.74, 6) is 1.92. The first-order chi connectivity index (χ1) is 10.3. The second-order valence-corrected chi connectivity index (χ2v) is 8.07. The van der Waals surface area contributed by atoms with Crippen molar-refractivity contribution in [2.24, 2.45) is 11.8 Å². The summed E-state index contributed by atoms with van der Waals surface area (Å²) in [4.78, 5) is 9.16. The Balaban J connectivity index is 1.51. The summed E-state index contributed by atoms with van der Waals surface area (Å²) in [5, 5.41) is 5.04. The van der Waals surface area contributed by atoms with Crippen molar-refractivity contribution in [2.75, 3.05) is 24.5 Å². The molecule has 1 aromatic rings.